The van der Waals surface area contributed by atoms with Gasteiger partial charge in [0.15, 0.2) is 0 Å². The van der Waals surface area contributed by atoms with Gasteiger partial charge in [-0.1, -0.05) is 0 Å². The van der Waals surface area contributed by atoms with Crippen molar-refractivity contribution in [2.75, 3.05) is 19.7 Å². The number of rotatable bonds is 2. The van der Waals surface area contributed by atoms with Crippen molar-refractivity contribution in [2.24, 2.45) is 0 Å². The van der Waals surface area contributed by atoms with Crippen molar-refractivity contribution in [1.82, 2.24) is 4.31 Å². The van der Waals surface area contributed by atoms with Crippen LogP contribution in [0.2, 0.25) is 0 Å². The van der Waals surface area contributed by atoms with Crippen LogP contribution in [-0.4, -0.2) is 38.2 Å². The van der Waals surface area contributed by atoms with Gasteiger partial charge in [-0.15, -0.1) is 0 Å². The summed E-state index contributed by atoms with van der Waals surface area (Å²) in [5.41, 5.74) is 0.949. The number of aryl methyl sites for hydroxylation is 1. The molecule has 0 unspecified atom stereocenters. The second-order valence-corrected chi connectivity index (χ2v) is 7.10. The van der Waals surface area contributed by atoms with Gasteiger partial charge >= 0.3 is 0 Å². The van der Waals surface area contributed by atoms with E-state index >= 15 is 0 Å². The molecule has 20 heavy (non-hydrogen) atoms. The maximum absolute atomic E-state index is 12.6. The number of benzene rings is 1. The van der Waals surface area contributed by atoms with Crippen LogP contribution in [0.1, 0.15) is 24.8 Å². The summed E-state index contributed by atoms with van der Waals surface area (Å²) in [5, 5.41) is 0. The molecule has 0 saturated carbocycles. The first-order valence-corrected chi connectivity index (χ1v) is 8.29. The number of sulfonamides is 1. The molecule has 0 aliphatic carbocycles. The second-order valence-electron chi connectivity index (χ2n) is 5.16. The number of ketones is 1. The summed E-state index contributed by atoms with van der Waals surface area (Å²) >= 11 is 0. The fourth-order valence-corrected chi connectivity index (χ4v) is 4.11. The van der Waals surface area contributed by atoms with Crippen LogP contribution in [0.25, 0.3) is 0 Å². The molecule has 1 aromatic rings. The van der Waals surface area contributed by atoms with Crippen LogP contribution in [0.15, 0.2) is 23.1 Å². The van der Waals surface area contributed by atoms with Crippen LogP contribution in [-0.2, 0) is 21.2 Å². The van der Waals surface area contributed by atoms with Crippen LogP contribution in [0, 0.1) is 0 Å². The van der Waals surface area contributed by atoms with E-state index in [0.29, 0.717) is 24.3 Å². The van der Waals surface area contributed by atoms with E-state index in [0.717, 1.165) is 24.2 Å². The van der Waals surface area contributed by atoms with Crippen molar-refractivity contribution < 1.29 is 17.9 Å². The number of ether oxygens (including phenoxy) is 1. The molecule has 2 aliphatic heterocycles. The van der Waals surface area contributed by atoms with E-state index < -0.39 is 10.0 Å². The molecule has 0 aromatic heterocycles. The molecule has 1 fully saturated rings. The largest absolute Gasteiger partial charge is 0.493 e. The van der Waals surface area contributed by atoms with E-state index in [-0.39, 0.29) is 18.9 Å². The topological polar surface area (TPSA) is 63.7 Å². The molecule has 2 aliphatic rings. The highest BCUT2D eigenvalue weighted by molar-refractivity contribution is 7.89. The molecule has 0 N–H and O–H groups in total. The van der Waals surface area contributed by atoms with Crippen LogP contribution in [0.4, 0.5) is 0 Å². The highest BCUT2D eigenvalue weighted by Gasteiger charge is 2.29. The molecule has 0 spiro atoms. The van der Waals surface area contributed by atoms with E-state index in [9.17, 15) is 13.2 Å². The van der Waals surface area contributed by atoms with Crippen molar-refractivity contribution in [3.8, 4) is 5.75 Å². The molecule has 0 bridgehead atoms. The zero-order valence-electron chi connectivity index (χ0n) is 11.2. The first kappa shape index (κ1) is 13.6. The highest BCUT2D eigenvalue weighted by atomic mass is 32.2. The quantitative estimate of drug-likeness (QED) is 0.826. The number of nitrogens with zero attached hydrogens (tertiary/aromatic N) is 1. The summed E-state index contributed by atoms with van der Waals surface area (Å²) in [6.45, 7) is 1.26. The summed E-state index contributed by atoms with van der Waals surface area (Å²) in [6.07, 6.45) is 2.38. The Hall–Kier alpha value is -1.40. The lowest BCUT2D eigenvalue weighted by Gasteiger charge is -2.26. The summed E-state index contributed by atoms with van der Waals surface area (Å²) in [4.78, 5) is 11.5. The van der Waals surface area contributed by atoms with Crippen LogP contribution >= 0.6 is 0 Å². The Morgan fingerprint density at radius 2 is 1.85 bits per heavy atom. The van der Waals surface area contributed by atoms with E-state index in [1.165, 1.54) is 4.31 Å². The Labute approximate surface area is 118 Å². The Kier molecular flexibility index (Phi) is 3.52. The maximum Gasteiger partial charge on any atom is 0.243 e. The number of Topliss-reactive ketones (excluding diaryl/α,β-unsaturated/α-hetero) is 1. The van der Waals surface area contributed by atoms with Gasteiger partial charge in [0.2, 0.25) is 10.0 Å². The van der Waals surface area contributed by atoms with Crippen molar-refractivity contribution in [3.05, 3.63) is 23.8 Å². The van der Waals surface area contributed by atoms with Crippen LogP contribution in [0.5, 0.6) is 5.75 Å². The molecule has 0 radical (unpaired) electrons. The summed E-state index contributed by atoms with van der Waals surface area (Å²) in [5.74, 6) is 0.916. The standard InChI is InChI=1S/C14H17NO4S/c16-12-5-7-15(8-6-12)20(17,18)13-3-4-14-11(10-13)2-1-9-19-14/h3-4,10H,1-2,5-9H2. The van der Waals surface area contributed by atoms with E-state index in [2.05, 4.69) is 0 Å². The van der Waals surface area contributed by atoms with E-state index in [1.54, 1.807) is 18.2 Å². The molecule has 1 aromatic carbocycles. The third-order valence-corrected chi connectivity index (χ3v) is 5.69. The predicted octanol–water partition coefficient (Wildman–Crippen LogP) is 1.37. The molecule has 108 valence electrons. The molecule has 0 amide bonds. The Bertz CT molecular complexity index is 629. The van der Waals surface area contributed by atoms with Crippen LogP contribution < -0.4 is 4.74 Å². The fourth-order valence-electron chi connectivity index (χ4n) is 2.62. The first-order chi connectivity index (χ1) is 9.57. The average Bonchev–Trinajstić information content (AvgIpc) is 2.47. The fraction of sp³-hybridized carbons (Fsp3) is 0.500. The third kappa shape index (κ3) is 2.45. The smallest absolute Gasteiger partial charge is 0.243 e. The van der Waals surface area contributed by atoms with Crippen molar-refractivity contribution in [3.63, 3.8) is 0 Å². The normalized spacial score (nSPS) is 20.3. The third-order valence-electron chi connectivity index (χ3n) is 3.80. The number of hydrogen-bond donors (Lipinski definition) is 0. The van der Waals surface area contributed by atoms with E-state index in [1.807, 2.05) is 0 Å². The molecule has 1 saturated heterocycles. The van der Waals surface area contributed by atoms with Crippen LogP contribution in [0.3, 0.4) is 0 Å². The van der Waals surface area contributed by atoms with Gasteiger partial charge in [-0.05, 0) is 36.6 Å². The lowest BCUT2D eigenvalue weighted by atomic mass is 10.1. The van der Waals surface area contributed by atoms with Crippen molar-refractivity contribution in [1.29, 1.82) is 0 Å². The monoisotopic (exact) mass is 295 g/mol. The van der Waals surface area contributed by atoms with E-state index in [4.69, 9.17) is 4.74 Å². The predicted molar refractivity (Wildman–Crippen MR) is 73.3 cm³/mol. The van der Waals surface area contributed by atoms with Gasteiger partial charge in [-0.25, -0.2) is 8.42 Å². The minimum atomic E-state index is -3.49. The second kappa shape index (κ2) is 5.18. The van der Waals surface area contributed by atoms with Crippen molar-refractivity contribution in [2.45, 2.75) is 30.6 Å². The number of fused-ring (bicyclic) bond motifs is 1. The maximum atomic E-state index is 12.6. The molecule has 0 atom stereocenters. The van der Waals surface area contributed by atoms with Gasteiger partial charge in [0.05, 0.1) is 11.5 Å². The highest BCUT2D eigenvalue weighted by Crippen LogP contribution is 2.29. The lowest BCUT2D eigenvalue weighted by Crippen LogP contribution is -2.38. The number of hydrogen-bond acceptors (Lipinski definition) is 4. The average molecular weight is 295 g/mol. The Balaban J connectivity index is 1.89. The number of carbonyl (C=O) groups is 1. The van der Waals surface area contributed by atoms with Gasteiger partial charge in [0.25, 0.3) is 0 Å². The Morgan fingerprint density at radius 3 is 2.60 bits per heavy atom. The minimum absolute atomic E-state index is 0.135. The lowest BCUT2D eigenvalue weighted by molar-refractivity contribution is -0.120. The molecular weight excluding hydrogens is 278 g/mol. The van der Waals surface area contributed by atoms with Gasteiger partial charge in [0.1, 0.15) is 11.5 Å². The van der Waals surface area contributed by atoms with Crippen molar-refractivity contribution >= 4 is 15.8 Å². The molecular formula is C14H17NO4S. The summed E-state index contributed by atoms with van der Waals surface area (Å²) < 4.78 is 32.0. The minimum Gasteiger partial charge on any atom is -0.493 e. The first-order valence-electron chi connectivity index (χ1n) is 6.85. The van der Waals surface area contributed by atoms with Gasteiger partial charge in [-0.3, -0.25) is 4.79 Å². The summed E-state index contributed by atoms with van der Waals surface area (Å²) in [7, 11) is -3.49. The molecule has 5 nitrogen and oxygen atoms in total. The van der Waals surface area contributed by atoms with Gasteiger partial charge in [0, 0.05) is 25.9 Å². The summed E-state index contributed by atoms with van der Waals surface area (Å²) in [6, 6.07) is 5.03. The number of piperidine rings is 1. The SMILES string of the molecule is O=C1CCN(S(=O)(=O)c2ccc3c(c2)CCCO3)CC1. The zero-order valence-corrected chi connectivity index (χ0v) is 12.0. The molecule has 6 heteroatoms. The zero-order chi connectivity index (χ0) is 14.2. The van der Waals surface area contributed by atoms with Gasteiger partial charge in [-0.2, -0.15) is 4.31 Å². The Morgan fingerprint density at radius 1 is 1.10 bits per heavy atom. The molecule has 2 heterocycles. The molecule has 3 rings (SSSR count). The van der Waals surface area contributed by atoms with Gasteiger partial charge < -0.3 is 4.74 Å². The number of carbonyl (C=O) groups excluding carboxylic acids is 1.